The molecule has 0 radical (unpaired) electrons. The van der Waals surface area contributed by atoms with Crippen LogP contribution in [0, 0.1) is 0 Å². The maximum Gasteiger partial charge on any atom is 0.225 e. The predicted molar refractivity (Wildman–Crippen MR) is 98.7 cm³/mol. The first-order valence-corrected chi connectivity index (χ1v) is 8.46. The van der Waals surface area contributed by atoms with Crippen LogP contribution >= 0.6 is 0 Å². The van der Waals surface area contributed by atoms with Gasteiger partial charge in [-0.3, -0.25) is 4.79 Å². The van der Waals surface area contributed by atoms with Gasteiger partial charge in [-0.2, -0.15) is 0 Å². The van der Waals surface area contributed by atoms with Gasteiger partial charge in [-0.25, -0.2) is 0 Å². The highest BCUT2D eigenvalue weighted by Crippen LogP contribution is 2.39. The van der Waals surface area contributed by atoms with E-state index in [1.54, 1.807) is 0 Å². The molecule has 25 heavy (non-hydrogen) atoms. The van der Waals surface area contributed by atoms with Crippen molar-refractivity contribution >= 4 is 11.6 Å². The standard InChI is InChI=1S/C22H19NO2/c24-22(23-17-9-2-1-3-10-17)14-20-18-11-5-4-8-16(18)15-25-21-13-7-6-12-19(20)21/h1-13,20H,14-15H2,(H,23,24). The number of amides is 1. The van der Waals surface area contributed by atoms with Gasteiger partial charge in [0.2, 0.25) is 5.91 Å². The van der Waals surface area contributed by atoms with Gasteiger partial charge in [-0.05, 0) is 29.3 Å². The molecule has 1 aliphatic heterocycles. The summed E-state index contributed by atoms with van der Waals surface area (Å²) >= 11 is 0. The number of ether oxygens (including phenoxy) is 1. The highest BCUT2D eigenvalue weighted by molar-refractivity contribution is 5.91. The number of para-hydroxylation sites is 2. The molecule has 3 heteroatoms. The zero-order valence-electron chi connectivity index (χ0n) is 13.8. The van der Waals surface area contributed by atoms with Crippen LogP contribution in [0.25, 0.3) is 0 Å². The number of carbonyl (C=O) groups excluding carboxylic acids is 1. The fourth-order valence-corrected chi connectivity index (χ4v) is 3.37. The Bertz CT molecular complexity index is 842. The molecule has 3 nitrogen and oxygen atoms in total. The largest absolute Gasteiger partial charge is 0.489 e. The summed E-state index contributed by atoms with van der Waals surface area (Å²) < 4.78 is 5.97. The van der Waals surface area contributed by atoms with Gasteiger partial charge in [0.15, 0.2) is 0 Å². The minimum Gasteiger partial charge on any atom is -0.489 e. The van der Waals surface area contributed by atoms with Gasteiger partial charge in [-0.15, -0.1) is 0 Å². The van der Waals surface area contributed by atoms with Crippen LogP contribution < -0.4 is 10.1 Å². The fraction of sp³-hybridized carbons (Fsp3) is 0.136. The van der Waals surface area contributed by atoms with Crippen molar-refractivity contribution in [2.45, 2.75) is 18.9 Å². The van der Waals surface area contributed by atoms with E-state index in [1.165, 1.54) is 0 Å². The lowest BCUT2D eigenvalue weighted by molar-refractivity contribution is -0.116. The molecule has 0 aliphatic carbocycles. The van der Waals surface area contributed by atoms with Gasteiger partial charge in [0, 0.05) is 23.6 Å². The molecule has 1 atom stereocenters. The lowest BCUT2D eigenvalue weighted by atomic mass is 9.86. The minimum atomic E-state index is -0.0152. The summed E-state index contributed by atoms with van der Waals surface area (Å²) in [6.45, 7) is 0.532. The van der Waals surface area contributed by atoms with E-state index >= 15 is 0 Å². The summed E-state index contributed by atoms with van der Waals surface area (Å²) in [5.74, 6) is 0.845. The third-order valence-electron chi connectivity index (χ3n) is 4.56. The van der Waals surface area contributed by atoms with Crippen LogP contribution in [-0.2, 0) is 11.4 Å². The quantitative estimate of drug-likeness (QED) is 0.754. The number of hydrogen-bond acceptors (Lipinski definition) is 2. The Morgan fingerprint density at radius 2 is 1.56 bits per heavy atom. The molecule has 1 aliphatic rings. The maximum atomic E-state index is 12.7. The Morgan fingerprint density at radius 3 is 2.40 bits per heavy atom. The summed E-state index contributed by atoms with van der Waals surface area (Å²) in [7, 11) is 0. The van der Waals surface area contributed by atoms with E-state index in [1.807, 2.05) is 60.7 Å². The Morgan fingerprint density at radius 1 is 0.880 bits per heavy atom. The minimum absolute atomic E-state index is 0.00251. The summed E-state index contributed by atoms with van der Waals surface area (Å²) in [4.78, 5) is 12.7. The van der Waals surface area contributed by atoms with E-state index in [0.29, 0.717) is 13.0 Å². The lowest BCUT2D eigenvalue weighted by Gasteiger charge is -2.18. The van der Waals surface area contributed by atoms with Crippen molar-refractivity contribution < 1.29 is 9.53 Å². The maximum absolute atomic E-state index is 12.7. The van der Waals surface area contributed by atoms with Gasteiger partial charge in [0.25, 0.3) is 0 Å². The normalized spacial score (nSPS) is 15.3. The third-order valence-corrected chi connectivity index (χ3v) is 4.56. The first-order valence-electron chi connectivity index (χ1n) is 8.46. The van der Waals surface area contributed by atoms with E-state index in [0.717, 1.165) is 28.1 Å². The van der Waals surface area contributed by atoms with Gasteiger partial charge < -0.3 is 10.1 Å². The molecule has 124 valence electrons. The predicted octanol–water partition coefficient (Wildman–Crippen LogP) is 4.74. The number of nitrogens with one attached hydrogen (secondary N) is 1. The van der Waals surface area contributed by atoms with Crippen molar-refractivity contribution in [1.29, 1.82) is 0 Å². The number of fused-ring (bicyclic) bond motifs is 2. The molecule has 0 saturated heterocycles. The van der Waals surface area contributed by atoms with Crippen molar-refractivity contribution in [2.75, 3.05) is 5.32 Å². The van der Waals surface area contributed by atoms with Crippen LogP contribution in [0.3, 0.4) is 0 Å². The average molecular weight is 329 g/mol. The number of rotatable bonds is 3. The first-order chi connectivity index (χ1) is 12.3. The van der Waals surface area contributed by atoms with Gasteiger partial charge in [0.1, 0.15) is 12.4 Å². The highest BCUT2D eigenvalue weighted by Gasteiger charge is 2.26. The van der Waals surface area contributed by atoms with E-state index < -0.39 is 0 Å². The van der Waals surface area contributed by atoms with Crippen molar-refractivity contribution in [3.05, 3.63) is 95.6 Å². The number of carbonyl (C=O) groups is 1. The molecule has 1 unspecified atom stereocenters. The second kappa shape index (κ2) is 6.81. The summed E-state index contributed by atoms with van der Waals surface area (Å²) in [6, 6.07) is 25.8. The zero-order chi connectivity index (χ0) is 17.1. The molecule has 0 saturated carbocycles. The molecule has 1 heterocycles. The fourth-order valence-electron chi connectivity index (χ4n) is 3.37. The highest BCUT2D eigenvalue weighted by atomic mass is 16.5. The monoisotopic (exact) mass is 329 g/mol. The molecule has 0 fully saturated rings. The molecule has 0 aromatic heterocycles. The molecule has 0 spiro atoms. The van der Waals surface area contributed by atoms with Gasteiger partial charge in [0.05, 0.1) is 0 Å². The van der Waals surface area contributed by atoms with E-state index in [-0.39, 0.29) is 11.8 Å². The van der Waals surface area contributed by atoms with Crippen LogP contribution in [0.15, 0.2) is 78.9 Å². The van der Waals surface area contributed by atoms with E-state index in [2.05, 4.69) is 23.5 Å². The Labute approximate surface area is 147 Å². The smallest absolute Gasteiger partial charge is 0.225 e. The molecule has 1 N–H and O–H groups in total. The molecular weight excluding hydrogens is 310 g/mol. The van der Waals surface area contributed by atoms with Crippen LogP contribution in [0.4, 0.5) is 5.69 Å². The molecule has 3 aromatic carbocycles. The Hall–Kier alpha value is -3.07. The van der Waals surface area contributed by atoms with Crippen LogP contribution in [0.5, 0.6) is 5.75 Å². The number of hydrogen-bond donors (Lipinski definition) is 1. The van der Waals surface area contributed by atoms with Crippen LogP contribution in [-0.4, -0.2) is 5.91 Å². The SMILES string of the molecule is O=C(CC1c2ccccc2COc2ccccc21)Nc1ccccc1. The van der Waals surface area contributed by atoms with E-state index in [9.17, 15) is 4.79 Å². The van der Waals surface area contributed by atoms with Crippen molar-refractivity contribution in [3.63, 3.8) is 0 Å². The zero-order valence-corrected chi connectivity index (χ0v) is 13.8. The van der Waals surface area contributed by atoms with Crippen LogP contribution in [0.2, 0.25) is 0 Å². The molecule has 4 rings (SSSR count). The molecule has 0 bridgehead atoms. The Kier molecular flexibility index (Phi) is 4.21. The number of anilines is 1. The summed E-state index contributed by atoms with van der Waals surface area (Å²) in [6.07, 6.45) is 0.381. The molecule has 3 aromatic rings. The van der Waals surface area contributed by atoms with Crippen molar-refractivity contribution in [3.8, 4) is 5.75 Å². The van der Waals surface area contributed by atoms with Gasteiger partial charge >= 0.3 is 0 Å². The average Bonchev–Trinajstić information content (AvgIpc) is 2.80. The number of benzene rings is 3. The van der Waals surface area contributed by atoms with Crippen molar-refractivity contribution in [2.24, 2.45) is 0 Å². The van der Waals surface area contributed by atoms with Crippen LogP contribution in [0.1, 0.15) is 29.0 Å². The summed E-state index contributed by atoms with van der Waals surface area (Å²) in [5, 5.41) is 2.99. The third kappa shape index (κ3) is 3.26. The lowest BCUT2D eigenvalue weighted by Crippen LogP contribution is -2.16. The van der Waals surface area contributed by atoms with Crippen molar-refractivity contribution in [1.82, 2.24) is 0 Å². The second-order valence-electron chi connectivity index (χ2n) is 6.20. The Balaban J connectivity index is 1.67. The second-order valence-corrected chi connectivity index (χ2v) is 6.20. The van der Waals surface area contributed by atoms with E-state index in [4.69, 9.17) is 4.74 Å². The molecule has 1 amide bonds. The van der Waals surface area contributed by atoms with Gasteiger partial charge in [-0.1, -0.05) is 60.7 Å². The molecular formula is C22H19NO2. The topological polar surface area (TPSA) is 38.3 Å². The summed E-state index contributed by atoms with van der Waals surface area (Å²) in [5.41, 5.74) is 4.18. The first kappa shape index (κ1) is 15.5.